The first kappa shape index (κ1) is 25.9. The first-order chi connectivity index (χ1) is 13.4. The Morgan fingerprint density at radius 1 is 1.24 bits per heavy atom. The number of aliphatic hydroxyl groups excluding tert-OH is 1. The van der Waals surface area contributed by atoms with Gasteiger partial charge in [0.05, 0.1) is 6.10 Å². The summed E-state index contributed by atoms with van der Waals surface area (Å²) in [7, 11) is 3.56. The van der Waals surface area contributed by atoms with Crippen molar-refractivity contribution in [2.45, 2.75) is 26.0 Å². The molecule has 0 amide bonds. The number of halogens is 3. The Balaban J connectivity index is 0.00000420. The molecule has 0 fully saturated rings. The smallest absolute Gasteiger partial charge is 0.191 e. The van der Waals surface area contributed by atoms with Crippen molar-refractivity contribution < 1.29 is 9.84 Å². The molecule has 0 saturated heterocycles. The van der Waals surface area contributed by atoms with Crippen LogP contribution in [0.2, 0.25) is 10.0 Å². The number of aliphatic hydroxyl groups is 1. The lowest BCUT2D eigenvalue weighted by atomic mass is 10.1. The molecule has 11 heteroatoms. The Hall–Kier alpha value is -1.14. The first-order valence-electron chi connectivity index (χ1n) is 8.90. The van der Waals surface area contributed by atoms with Gasteiger partial charge >= 0.3 is 0 Å². The molecule has 0 spiro atoms. The van der Waals surface area contributed by atoms with E-state index in [1.165, 1.54) is 0 Å². The summed E-state index contributed by atoms with van der Waals surface area (Å²) in [6.07, 6.45) is 0.0338. The number of aliphatic imine (C=N–C) groups is 1. The minimum atomic E-state index is -0.792. The molecule has 1 atom stereocenters. The Bertz CT molecular complexity index is 782. The maximum Gasteiger partial charge on any atom is 0.191 e. The normalized spacial score (nSPS) is 12.4. The van der Waals surface area contributed by atoms with Crippen LogP contribution in [0.25, 0.3) is 0 Å². The number of aromatic nitrogens is 3. The number of nitrogens with zero attached hydrogens (tertiary/aromatic N) is 4. The number of aryl methyl sites for hydroxylation is 1. The van der Waals surface area contributed by atoms with Gasteiger partial charge in [-0.15, -0.1) is 34.2 Å². The summed E-state index contributed by atoms with van der Waals surface area (Å²) in [4.78, 5) is 4.53. The van der Waals surface area contributed by atoms with Gasteiger partial charge in [-0.25, -0.2) is 4.99 Å². The van der Waals surface area contributed by atoms with Crippen molar-refractivity contribution in [2.75, 3.05) is 26.8 Å². The third-order valence-electron chi connectivity index (χ3n) is 4.11. The lowest BCUT2D eigenvalue weighted by Gasteiger charge is -2.16. The van der Waals surface area contributed by atoms with Gasteiger partial charge in [0.15, 0.2) is 11.8 Å². The average Bonchev–Trinajstić information content (AvgIpc) is 2.97. The predicted octanol–water partition coefficient (Wildman–Crippen LogP) is 2.85. The van der Waals surface area contributed by atoms with Gasteiger partial charge in [0.1, 0.15) is 12.4 Å². The van der Waals surface area contributed by atoms with Gasteiger partial charge in [0, 0.05) is 43.9 Å². The minimum absolute atomic E-state index is 0. The van der Waals surface area contributed by atoms with Crippen LogP contribution in [0.1, 0.15) is 29.7 Å². The van der Waals surface area contributed by atoms with E-state index < -0.39 is 6.10 Å². The fourth-order valence-electron chi connectivity index (χ4n) is 2.41. The lowest BCUT2D eigenvalue weighted by Crippen LogP contribution is -2.40. The van der Waals surface area contributed by atoms with E-state index >= 15 is 0 Å². The van der Waals surface area contributed by atoms with Crippen LogP contribution in [0.5, 0.6) is 0 Å². The van der Waals surface area contributed by atoms with Gasteiger partial charge in [-0.1, -0.05) is 23.2 Å². The van der Waals surface area contributed by atoms with Crippen molar-refractivity contribution in [1.29, 1.82) is 0 Å². The maximum absolute atomic E-state index is 10.5. The molecule has 0 bridgehead atoms. The molecule has 1 aromatic heterocycles. The van der Waals surface area contributed by atoms with E-state index in [9.17, 15) is 5.11 Å². The molecular weight excluding hydrogens is 530 g/mol. The standard InChI is InChI=1S/C18H26Cl2N6O2.HI/c1-12-24-25-17(26(12)2)11-23-18(21-5-4-6-28-3)22-10-16(27)13-7-14(19)9-15(20)8-13;/h7-9,16,27H,4-6,10-11H2,1-3H3,(H2,21,22,23);1H. The second-order valence-corrected chi connectivity index (χ2v) is 7.13. The topological polar surface area (TPSA) is 96.6 Å². The number of methoxy groups -OCH3 is 1. The number of hydrogen-bond acceptors (Lipinski definition) is 5. The Morgan fingerprint density at radius 3 is 2.52 bits per heavy atom. The highest BCUT2D eigenvalue weighted by molar-refractivity contribution is 14.0. The van der Waals surface area contributed by atoms with E-state index in [4.69, 9.17) is 27.9 Å². The average molecular weight is 557 g/mol. The van der Waals surface area contributed by atoms with Gasteiger partial charge in [0.25, 0.3) is 0 Å². The molecule has 1 unspecified atom stereocenters. The van der Waals surface area contributed by atoms with E-state index in [0.717, 1.165) is 18.1 Å². The molecule has 2 rings (SSSR count). The molecule has 0 radical (unpaired) electrons. The van der Waals surface area contributed by atoms with Gasteiger partial charge in [-0.2, -0.15) is 0 Å². The minimum Gasteiger partial charge on any atom is -0.387 e. The summed E-state index contributed by atoms with van der Waals surface area (Å²) in [5.41, 5.74) is 0.632. The Kier molecular flexibility index (Phi) is 11.8. The highest BCUT2D eigenvalue weighted by atomic mass is 127. The molecule has 0 saturated carbocycles. The summed E-state index contributed by atoms with van der Waals surface area (Å²) >= 11 is 12.0. The van der Waals surface area contributed by atoms with Crippen molar-refractivity contribution in [3.63, 3.8) is 0 Å². The molecule has 29 heavy (non-hydrogen) atoms. The van der Waals surface area contributed by atoms with Gasteiger partial charge < -0.3 is 25.0 Å². The zero-order chi connectivity index (χ0) is 20.5. The molecule has 8 nitrogen and oxygen atoms in total. The van der Waals surface area contributed by atoms with Crippen molar-refractivity contribution >= 4 is 53.1 Å². The first-order valence-corrected chi connectivity index (χ1v) is 9.66. The van der Waals surface area contributed by atoms with Crippen LogP contribution < -0.4 is 10.6 Å². The Morgan fingerprint density at radius 2 is 1.93 bits per heavy atom. The predicted molar refractivity (Wildman–Crippen MR) is 126 cm³/mol. The summed E-state index contributed by atoms with van der Waals surface area (Å²) < 4.78 is 6.95. The van der Waals surface area contributed by atoms with Crippen LogP contribution in [0.15, 0.2) is 23.2 Å². The number of ether oxygens (including phenoxy) is 1. The number of hydrogen-bond donors (Lipinski definition) is 3. The third-order valence-corrected chi connectivity index (χ3v) is 4.55. The van der Waals surface area contributed by atoms with Gasteiger partial charge in [-0.05, 0) is 37.1 Å². The third kappa shape index (κ3) is 8.63. The maximum atomic E-state index is 10.5. The monoisotopic (exact) mass is 556 g/mol. The second kappa shape index (κ2) is 13.2. The summed E-state index contributed by atoms with van der Waals surface area (Å²) in [6.45, 7) is 3.80. The van der Waals surface area contributed by atoms with E-state index in [1.807, 2.05) is 18.5 Å². The fourth-order valence-corrected chi connectivity index (χ4v) is 2.96. The molecule has 0 aliphatic carbocycles. The van der Waals surface area contributed by atoms with Crippen molar-refractivity contribution in [1.82, 2.24) is 25.4 Å². The van der Waals surface area contributed by atoms with Crippen LogP contribution in [0.3, 0.4) is 0 Å². The van der Waals surface area contributed by atoms with Crippen LogP contribution in [-0.4, -0.2) is 52.6 Å². The number of benzene rings is 1. The fraction of sp³-hybridized carbons (Fsp3) is 0.500. The molecule has 0 aliphatic rings. The molecule has 0 aliphatic heterocycles. The highest BCUT2D eigenvalue weighted by Gasteiger charge is 2.11. The second-order valence-electron chi connectivity index (χ2n) is 6.26. The zero-order valence-corrected chi connectivity index (χ0v) is 20.5. The van der Waals surface area contributed by atoms with Crippen LogP contribution >= 0.6 is 47.2 Å². The van der Waals surface area contributed by atoms with Crippen molar-refractivity contribution in [3.8, 4) is 0 Å². The van der Waals surface area contributed by atoms with E-state index in [2.05, 4.69) is 25.8 Å². The zero-order valence-electron chi connectivity index (χ0n) is 16.7. The van der Waals surface area contributed by atoms with E-state index in [1.54, 1.807) is 25.3 Å². The number of nitrogens with one attached hydrogen (secondary N) is 2. The SMILES string of the molecule is COCCCNC(=NCc1nnc(C)n1C)NCC(O)c1cc(Cl)cc(Cl)c1.I. The van der Waals surface area contributed by atoms with Gasteiger partial charge in [0.2, 0.25) is 0 Å². The van der Waals surface area contributed by atoms with Crippen LogP contribution in [0.4, 0.5) is 0 Å². The molecule has 1 aromatic carbocycles. The number of guanidine groups is 1. The Labute approximate surface area is 198 Å². The highest BCUT2D eigenvalue weighted by Crippen LogP contribution is 2.23. The summed E-state index contributed by atoms with van der Waals surface area (Å²) in [5.74, 6) is 2.13. The molecular formula is C18H27Cl2IN6O2. The summed E-state index contributed by atoms with van der Waals surface area (Å²) in [6, 6.07) is 5.00. The largest absolute Gasteiger partial charge is 0.387 e. The summed E-state index contributed by atoms with van der Waals surface area (Å²) in [5, 5.41) is 25.9. The van der Waals surface area contributed by atoms with Crippen LogP contribution in [-0.2, 0) is 18.3 Å². The molecule has 162 valence electrons. The molecule has 2 aromatic rings. The molecule has 1 heterocycles. The van der Waals surface area contributed by atoms with Crippen LogP contribution in [0, 0.1) is 6.92 Å². The lowest BCUT2D eigenvalue weighted by molar-refractivity contribution is 0.180. The molecule has 3 N–H and O–H groups in total. The van der Waals surface area contributed by atoms with Crippen molar-refractivity contribution in [2.24, 2.45) is 12.0 Å². The number of rotatable bonds is 9. The quantitative estimate of drug-likeness (QED) is 0.190. The van der Waals surface area contributed by atoms with Gasteiger partial charge in [-0.3, -0.25) is 0 Å². The van der Waals surface area contributed by atoms with E-state index in [0.29, 0.717) is 41.3 Å². The van der Waals surface area contributed by atoms with Crippen molar-refractivity contribution in [3.05, 3.63) is 45.5 Å². The van der Waals surface area contributed by atoms with E-state index in [-0.39, 0.29) is 30.5 Å².